The molecule has 0 spiro atoms. The minimum atomic E-state index is 0.754. The number of hydrogen-bond donors (Lipinski definition) is 1. The monoisotopic (exact) mass is 262 g/mol. The predicted octanol–water partition coefficient (Wildman–Crippen LogP) is 3.06. The Labute approximate surface area is 116 Å². The molecule has 1 aromatic rings. The lowest BCUT2D eigenvalue weighted by atomic mass is 10.2. The van der Waals surface area contributed by atoms with Crippen LogP contribution in [0.15, 0.2) is 12.4 Å². The molecule has 1 aliphatic carbocycles. The van der Waals surface area contributed by atoms with Crippen LogP contribution < -0.4 is 5.32 Å². The second kappa shape index (κ2) is 7.43. The minimum Gasteiger partial charge on any atom is -0.369 e. The molecule has 0 atom stereocenters. The second-order valence-electron chi connectivity index (χ2n) is 5.32. The molecule has 1 aromatic heterocycles. The van der Waals surface area contributed by atoms with E-state index in [1.165, 1.54) is 25.7 Å². The molecule has 1 aliphatic rings. The van der Waals surface area contributed by atoms with Gasteiger partial charge in [-0.1, -0.05) is 26.7 Å². The van der Waals surface area contributed by atoms with E-state index in [1.54, 1.807) is 0 Å². The van der Waals surface area contributed by atoms with Crippen molar-refractivity contribution in [1.82, 2.24) is 14.9 Å². The zero-order valence-corrected chi connectivity index (χ0v) is 12.2. The summed E-state index contributed by atoms with van der Waals surface area (Å²) < 4.78 is 0. The number of rotatable bonds is 7. The maximum Gasteiger partial charge on any atom is 0.144 e. The van der Waals surface area contributed by atoms with Crippen LogP contribution >= 0.6 is 0 Å². The largest absolute Gasteiger partial charge is 0.369 e. The lowest BCUT2D eigenvalue weighted by molar-refractivity contribution is 0.198. The molecule has 0 aromatic carbocycles. The van der Waals surface area contributed by atoms with Gasteiger partial charge in [0.25, 0.3) is 0 Å². The molecule has 2 rings (SSSR count). The summed E-state index contributed by atoms with van der Waals surface area (Å²) in [6.07, 6.45) is 10.3. The number of aromatic nitrogens is 2. The predicted molar refractivity (Wildman–Crippen MR) is 79.2 cm³/mol. The van der Waals surface area contributed by atoms with E-state index < -0.39 is 0 Å². The molecule has 4 heteroatoms. The average molecular weight is 262 g/mol. The lowest BCUT2D eigenvalue weighted by Crippen LogP contribution is -2.32. The van der Waals surface area contributed by atoms with E-state index in [0.717, 1.165) is 43.6 Å². The van der Waals surface area contributed by atoms with Crippen LogP contribution in [-0.2, 0) is 6.54 Å². The number of nitrogens with one attached hydrogen (secondary N) is 1. The Balaban J connectivity index is 1.89. The Morgan fingerprint density at radius 2 is 2.00 bits per heavy atom. The molecule has 0 saturated heterocycles. The van der Waals surface area contributed by atoms with Gasteiger partial charge in [0.05, 0.1) is 18.1 Å². The van der Waals surface area contributed by atoms with Crippen molar-refractivity contribution in [2.45, 2.75) is 58.5 Å². The Kier molecular flexibility index (Phi) is 5.58. The van der Waals surface area contributed by atoms with Crippen LogP contribution in [0.4, 0.5) is 5.82 Å². The van der Waals surface area contributed by atoms with Crippen LogP contribution in [0, 0.1) is 0 Å². The molecule has 1 fully saturated rings. The number of hydrogen-bond acceptors (Lipinski definition) is 4. The maximum atomic E-state index is 4.52. The second-order valence-corrected chi connectivity index (χ2v) is 5.32. The van der Waals surface area contributed by atoms with Crippen molar-refractivity contribution in [2.24, 2.45) is 0 Å². The maximum absolute atomic E-state index is 4.52. The third-order valence-corrected chi connectivity index (χ3v) is 3.87. The molecule has 0 unspecified atom stereocenters. The van der Waals surface area contributed by atoms with Gasteiger partial charge in [0.2, 0.25) is 0 Å². The van der Waals surface area contributed by atoms with Crippen molar-refractivity contribution in [3.8, 4) is 0 Å². The molecule has 0 aliphatic heterocycles. The normalized spacial score (nSPS) is 16.2. The SMILES string of the molecule is CCCNc1cnc(CN(CC)C2CCCC2)cn1. The highest BCUT2D eigenvalue weighted by molar-refractivity contribution is 5.30. The van der Waals surface area contributed by atoms with Gasteiger partial charge in [-0.25, -0.2) is 4.98 Å². The van der Waals surface area contributed by atoms with Crippen LogP contribution in [0.25, 0.3) is 0 Å². The molecule has 0 radical (unpaired) electrons. The van der Waals surface area contributed by atoms with Crippen molar-refractivity contribution in [2.75, 3.05) is 18.4 Å². The van der Waals surface area contributed by atoms with Crippen LogP contribution in [0.1, 0.15) is 51.6 Å². The smallest absolute Gasteiger partial charge is 0.144 e. The molecule has 0 amide bonds. The van der Waals surface area contributed by atoms with Gasteiger partial charge in [-0.05, 0) is 25.8 Å². The van der Waals surface area contributed by atoms with Gasteiger partial charge in [0, 0.05) is 19.1 Å². The zero-order valence-electron chi connectivity index (χ0n) is 12.2. The topological polar surface area (TPSA) is 41.1 Å². The van der Waals surface area contributed by atoms with Crippen LogP contribution in [0.5, 0.6) is 0 Å². The Morgan fingerprint density at radius 3 is 2.58 bits per heavy atom. The molecule has 106 valence electrons. The summed E-state index contributed by atoms with van der Waals surface area (Å²) in [6, 6.07) is 0.754. The molecule has 1 saturated carbocycles. The molecule has 1 heterocycles. The van der Waals surface area contributed by atoms with E-state index in [4.69, 9.17) is 0 Å². The van der Waals surface area contributed by atoms with E-state index >= 15 is 0 Å². The fraction of sp³-hybridized carbons (Fsp3) is 0.733. The highest BCUT2D eigenvalue weighted by Gasteiger charge is 2.21. The van der Waals surface area contributed by atoms with Crippen LogP contribution in [0.2, 0.25) is 0 Å². The first kappa shape index (κ1) is 14.3. The third-order valence-electron chi connectivity index (χ3n) is 3.87. The quantitative estimate of drug-likeness (QED) is 0.820. The van der Waals surface area contributed by atoms with Crippen molar-refractivity contribution < 1.29 is 0 Å². The van der Waals surface area contributed by atoms with E-state index in [0.29, 0.717) is 0 Å². The zero-order chi connectivity index (χ0) is 13.5. The van der Waals surface area contributed by atoms with E-state index in [9.17, 15) is 0 Å². The minimum absolute atomic E-state index is 0.754. The molecular formula is C15H26N4. The van der Waals surface area contributed by atoms with Gasteiger partial charge in [-0.15, -0.1) is 0 Å². The van der Waals surface area contributed by atoms with E-state index in [1.807, 2.05) is 12.4 Å². The highest BCUT2D eigenvalue weighted by Crippen LogP contribution is 2.24. The van der Waals surface area contributed by atoms with Crippen molar-refractivity contribution in [3.05, 3.63) is 18.1 Å². The number of nitrogens with zero attached hydrogens (tertiary/aromatic N) is 3. The first-order valence-electron chi connectivity index (χ1n) is 7.62. The first-order valence-corrected chi connectivity index (χ1v) is 7.62. The molecule has 19 heavy (non-hydrogen) atoms. The van der Waals surface area contributed by atoms with Gasteiger partial charge in [-0.3, -0.25) is 9.88 Å². The summed E-state index contributed by atoms with van der Waals surface area (Å²) in [5.74, 6) is 0.884. The molecule has 0 bridgehead atoms. The van der Waals surface area contributed by atoms with Gasteiger partial charge in [0.15, 0.2) is 0 Å². The Hall–Kier alpha value is -1.16. The average Bonchev–Trinajstić information content (AvgIpc) is 2.98. The fourth-order valence-corrected chi connectivity index (χ4v) is 2.76. The summed E-state index contributed by atoms with van der Waals surface area (Å²) in [5.41, 5.74) is 1.08. The van der Waals surface area contributed by atoms with Gasteiger partial charge >= 0.3 is 0 Å². The Morgan fingerprint density at radius 1 is 1.21 bits per heavy atom. The van der Waals surface area contributed by atoms with Crippen molar-refractivity contribution in [1.29, 1.82) is 0 Å². The highest BCUT2D eigenvalue weighted by atomic mass is 15.2. The van der Waals surface area contributed by atoms with Crippen molar-refractivity contribution in [3.63, 3.8) is 0 Å². The Bertz CT molecular complexity index is 357. The lowest BCUT2D eigenvalue weighted by Gasteiger charge is -2.26. The standard InChI is InChI=1S/C15H26N4/c1-3-9-16-15-11-17-13(10-18-15)12-19(4-2)14-7-5-6-8-14/h10-11,14H,3-9,12H2,1-2H3,(H,16,18). The first-order chi connectivity index (χ1) is 9.33. The fourth-order valence-electron chi connectivity index (χ4n) is 2.76. The van der Waals surface area contributed by atoms with E-state index in [2.05, 4.69) is 34.0 Å². The van der Waals surface area contributed by atoms with Gasteiger partial charge in [0.1, 0.15) is 5.82 Å². The van der Waals surface area contributed by atoms with Crippen LogP contribution in [-0.4, -0.2) is 34.0 Å². The molecule has 1 N–H and O–H groups in total. The molecule has 4 nitrogen and oxygen atoms in total. The summed E-state index contributed by atoms with van der Waals surface area (Å²) in [6.45, 7) is 7.38. The summed E-state index contributed by atoms with van der Waals surface area (Å²) >= 11 is 0. The summed E-state index contributed by atoms with van der Waals surface area (Å²) in [7, 11) is 0. The summed E-state index contributed by atoms with van der Waals surface area (Å²) in [4.78, 5) is 11.5. The number of anilines is 1. The van der Waals surface area contributed by atoms with Gasteiger partial charge < -0.3 is 5.32 Å². The summed E-state index contributed by atoms with van der Waals surface area (Å²) in [5, 5.41) is 3.26. The van der Waals surface area contributed by atoms with Crippen molar-refractivity contribution >= 4 is 5.82 Å². The third kappa shape index (κ3) is 4.16. The molecular weight excluding hydrogens is 236 g/mol. The van der Waals surface area contributed by atoms with Crippen LogP contribution in [0.3, 0.4) is 0 Å². The van der Waals surface area contributed by atoms with Gasteiger partial charge in [-0.2, -0.15) is 0 Å². The van der Waals surface area contributed by atoms with E-state index in [-0.39, 0.29) is 0 Å².